The first kappa shape index (κ1) is 18.8. The predicted molar refractivity (Wildman–Crippen MR) is 117 cm³/mol. The Labute approximate surface area is 176 Å². The molecule has 1 saturated heterocycles. The van der Waals surface area contributed by atoms with Crippen molar-refractivity contribution in [2.75, 3.05) is 13.1 Å². The molecule has 0 amide bonds. The molecule has 0 N–H and O–H groups in total. The van der Waals surface area contributed by atoms with Gasteiger partial charge < -0.3 is 4.74 Å². The van der Waals surface area contributed by atoms with E-state index in [4.69, 9.17) is 9.84 Å². The predicted octanol–water partition coefficient (Wildman–Crippen LogP) is 4.67. The molecule has 0 spiro atoms. The summed E-state index contributed by atoms with van der Waals surface area (Å²) in [7, 11) is 0. The zero-order valence-electron chi connectivity index (χ0n) is 17.1. The molecular formula is C24H25N5O. The van der Waals surface area contributed by atoms with Crippen molar-refractivity contribution in [1.29, 1.82) is 0 Å². The van der Waals surface area contributed by atoms with Crippen LogP contribution in [0.5, 0.6) is 5.75 Å². The number of piperidine rings is 1. The summed E-state index contributed by atoms with van der Waals surface area (Å²) >= 11 is 0. The number of aromatic nitrogens is 4. The van der Waals surface area contributed by atoms with Crippen LogP contribution in [0.25, 0.3) is 28.0 Å². The van der Waals surface area contributed by atoms with E-state index >= 15 is 0 Å². The number of pyridine rings is 1. The van der Waals surface area contributed by atoms with Crippen LogP contribution in [0, 0.1) is 0 Å². The molecule has 0 bridgehead atoms. The Morgan fingerprint density at radius 1 is 0.933 bits per heavy atom. The van der Waals surface area contributed by atoms with Gasteiger partial charge in [-0.25, -0.2) is 9.50 Å². The van der Waals surface area contributed by atoms with E-state index < -0.39 is 0 Å². The molecule has 1 aliphatic rings. The molecule has 152 valence electrons. The Balaban J connectivity index is 1.60. The van der Waals surface area contributed by atoms with Gasteiger partial charge in [-0.15, -0.1) is 0 Å². The Bertz CT molecular complexity index is 1130. The van der Waals surface area contributed by atoms with Crippen molar-refractivity contribution in [2.24, 2.45) is 0 Å². The van der Waals surface area contributed by atoms with Crippen LogP contribution >= 0.6 is 0 Å². The maximum atomic E-state index is 6.47. The number of likely N-dealkylation sites (tertiary alicyclic amines) is 1. The lowest BCUT2D eigenvalue weighted by atomic mass is 10.0. The number of para-hydroxylation sites is 1. The number of hydrogen-bond acceptors (Lipinski definition) is 5. The number of fused-ring (bicyclic) bond motifs is 1. The number of ether oxygens (including phenoxy) is 1. The van der Waals surface area contributed by atoms with Crippen LogP contribution in [0.3, 0.4) is 0 Å². The summed E-state index contributed by atoms with van der Waals surface area (Å²) in [6.07, 6.45) is 11.1. The van der Waals surface area contributed by atoms with E-state index in [1.807, 2.05) is 47.1 Å². The SMILES string of the molecule is CC(Oc1ccccc1-c1nn2cccnc2c1-c1ccncc1)N1CCCCC1. The fourth-order valence-electron chi connectivity index (χ4n) is 4.17. The second kappa shape index (κ2) is 8.24. The maximum Gasteiger partial charge on any atom is 0.163 e. The zero-order chi connectivity index (χ0) is 20.3. The van der Waals surface area contributed by atoms with Crippen molar-refractivity contribution >= 4 is 5.65 Å². The average Bonchev–Trinajstić information content (AvgIpc) is 3.20. The van der Waals surface area contributed by atoms with E-state index in [0.717, 1.165) is 46.9 Å². The van der Waals surface area contributed by atoms with Crippen LogP contribution in [0.1, 0.15) is 26.2 Å². The first-order valence-corrected chi connectivity index (χ1v) is 10.5. The molecule has 1 atom stereocenters. The number of hydrogen-bond donors (Lipinski definition) is 0. The number of nitrogens with zero attached hydrogens (tertiary/aromatic N) is 5. The number of benzene rings is 1. The van der Waals surface area contributed by atoms with Gasteiger partial charge in [0.15, 0.2) is 5.65 Å². The van der Waals surface area contributed by atoms with Gasteiger partial charge in [-0.2, -0.15) is 5.10 Å². The van der Waals surface area contributed by atoms with Crippen LogP contribution in [0.4, 0.5) is 0 Å². The van der Waals surface area contributed by atoms with Gasteiger partial charge >= 0.3 is 0 Å². The molecule has 1 unspecified atom stereocenters. The Morgan fingerprint density at radius 2 is 1.73 bits per heavy atom. The molecular weight excluding hydrogens is 374 g/mol. The molecule has 1 fully saturated rings. The second-order valence-electron chi connectivity index (χ2n) is 7.66. The van der Waals surface area contributed by atoms with Crippen LogP contribution in [0.15, 0.2) is 67.3 Å². The molecule has 6 heteroatoms. The minimum absolute atomic E-state index is 0.0194. The molecule has 4 heterocycles. The third kappa shape index (κ3) is 3.55. The Morgan fingerprint density at radius 3 is 2.57 bits per heavy atom. The average molecular weight is 399 g/mol. The van der Waals surface area contributed by atoms with E-state index in [2.05, 4.69) is 27.9 Å². The Kier molecular flexibility index (Phi) is 5.15. The van der Waals surface area contributed by atoms with E-state index in [1.165, 1.54) is 19.3 Å². The van der Waals surface area contributed by atoms with Crippen molar-refractivity contribution in [1.82, 2.24) is 24.5 Å². The van der Waals surface area contributed by atoms with Crippen molar-refractivity contribution in [3.8, 4) is 28.1 Å². The lowest BCUT2D eigenvalue weighted by molar-refractivity contribution is 0.0266. The lowest BCUT2D eigenvalue weighted by Gasteiger charge is -2.32. The summed E-state index contributed by atoms with van der Waals surface area (Å²) in [5.41, 5.74) is 4.67. The van der Waals surface area contributed by atoms with Crippen LogP contribution in [0.2, 0.25) is 0 Å². The minimum Gasteiger partial charge on any atom is -0.475 e. The first-order chi connectivity index (χ1) is 14.8. The van der Waals surface area contributed by atoms with Crippen LogP contribution in [-0.2, 0) is 0 Å². The lowest BCUT2D eigenvalue weighted by Crippen LogP contribution is -2.40. The third-order valence-electron chi connectivity index (χ3n) is 5.71. The van der Waals surface area contributed by atoms with Gasteiger partial charge in [0.05, 0.1) is 5.56 Å². The Hall–Kier alpha value is -3.25. The summed E-state index contributed by atoms with van der Waals surface area (Å²) in [4.78, 5) is 11.2. The highest BCUT2D eigenvalue weighted by Crippen LogP contribution is 2.38. The summed E-state index contributed by atoms with van der Waals surface area (Å²) < 4.78 is 8.30. The molecule has 30 heavy (non-hydrogen) atoms. The summed E-state index contributed by atoms with van der Waals surface area (Å²) in [6, 6.07) is 14.0. The normalized spacial score (nSPS) is 15.9. The third-order valence-corrected chi connectivity index (χ3v) is 5.71. The zero-order valence-corrected chi connectivity index (χ0v) is 17.1. The van der Waals surface area contributed by atoms with E-state index in [9.17, 15) is 0 Å². The highest BCUT2D eigenvalue weighted by atomic mass is 16.5. The molecule has 1 aromatic carbocycles. The van der Waals surface area contributed by atoms with E-state index in [1.54, 1.807) is 18.6 Å². The van der Waals surface area contributed by atoms with Crippen molar-refractivity contribution in [3.63, 3.8) is 0 Å². The van der Waals surface area contributed by atoms with Crippen molar-refractivity contribution in [3.05, 3.63) is 67.3 Å². The topological polar surface area (TPSA) is 55.6 Å². The molecule has 0 radical (unpaired) electrons. The van der Waals surface area contributed by atoms with Gasteiger partial charge in [0.2, 0.25) is 0 Å². The van der Waals surface area contributed by atoms with Crippen LogP contribution < -0.4 is 4.74 Å². The van der Waals surface area contributed by atoms with Gasteiger partial charge in [0.25, 0.3) is 0 Å². The molecule has 4 aromatic rings. The van der Waals surface area contributed by atoms with Gasteiger partial charge in [-0.3, -0.25) is 9.88 Å². The van der Waals surface area contributed by atoms with Gasteiger partial charge in [-0.05, 0) is 55.7 Å². The van der Waals surface area contributed by atoms with Crippen molar-refractivity contribution < 1.29 is 4.74 Å². The smallest absolute Gasteiger partial charge is 0.163 e. The molecule has 1 aliphatic heterocycles. The van der Waals surface area contributed by atoms with Gasteiger partial charge in [-0.1, -0.05) is 18.6 Å². The standard InChI is InChI=1S/C24H25N5O/c1-18(28-15-5-2-6-16-28)30-21-9-4-3-8-20(21)23-22(19-10-13-25-14-11-19)24-26-12-7-17-29(24)27-23/h3-4,7-14,17-18H,2,5-6,15-16H2,1H3. The highest BCUT2D eigenvalue weighted by Gasteiger charge is 2.23. The second-order valence-corrected chi connectivity index (χ2v) is 7.66. The largest absolute Gasteiger partial charge is 0.475 e. The molecule has 3 aromatic heterocycles. The number of rotatable bonds is 5. The maximum absolute atomic E-state index is 6.47. The first-order valence-electron chi connectivity index (χ1n) is 10.5. The van der Waals surface area contributed by atoms with Gasteiger partial charge in [0.1, 0.15) is 17.7 Å². The van der Waals surface area contributed by atoms with E-state index in [0.29, 0.717) is 0 Å². The highest BCUT2D eigenvalue weighted by molar-refractivity contribution is 5.91. The van der Waals surface area contributed by atoms with E-state index in [-0.39, 0.29) is 6.23 Å². The molecule has 6 nitrogen and oxygen atoms in total. The fourth-order valence-corrected chi connectivity index (χ4v) is 4.17. The monoisotopic (exact) mass is 399 g/mol. The van der Waals surface area contributed by atoms with Crippen LogP contribution in [-0.4, -0.2) is 43.8 Å². The summed E-state index contributed by atoms with van der Waals surface area (Å²) in [6.45, 7) is 4.31. The molecule has 0 saturated carbocycles. The summed E-state index contributed by atoms with van der Waals surface area (Å²) in [5.74, 6) is 0.842. The van der Waals surface area contributed by atoms with Crippen molar-refractivity contribution in [2.45, 2.75) is 32.4 Å². The minimum atomic E-state index is 0.0194. The molecule has 5 rings (SSSR count). The van der Waals surface area contributed by atoms with Gasteiger partial charge in [0, 0.05) is 43.4 Å². The fraction of sp³-hybridized carbons (Fsp3) is 0.292. The quantitative estimate of drug-likeness (QED) is 0.488. The molecule has 0 aliphatic carbocycles. The summed E-state index contributed by atoms with van der Waals surface area (Å²) in [5, 5.41) is 4.88.